The van der Waals surface area contributed by atoms with Gasteiger partial charge in [0.25, 0.3) is 11.8 Å². The van der Waals surface area contributed by atoms with Gasteiger partial charge in [0, 0.05) is 6.07 Å². The van der Waals surface area contributed by atoms with Crippen molar-refractivity contribution < 1.29 is 23.5 Å². The first-order chi connectivity index (χ1) is 15.0. The first-order valence-corrected chi connectivity index (χ1v) is 9.46. The smallest absolute Gasteiger partial charge is 0.282 e. The van der Waals surface area contributed by atoms with Gasteiger partial charge in [-0.2, -0.15) is 0 Å². The largest absolute Gasteiger partial charge is 0.497 e. The summed E-state index contributed by atoms with van der Waals surface area (Å²) >= 11 is 0. The maximum atomic E-state index is 13.4. The molecule has 0 atom stereocenters. The number of anilines is 2. The van der Waals surface area contributed by atoms with E-state index in [4.69, 9.17) is 9.47 Å². The van der Waals surface area contributed by atoms with Crippen LogP contribution in [0.4, 0.5) is 15.8 Å². The molecule has 0 fully saturated rings. The third-order valence-electron chi connectivity index (χ3n) is 4.90. The van der Waals surface area contributed by atoms with Crippen LogP contribution in [0.1, 0.15) is 5.56 Å². The summed E-state index contributed by atoms with van der Waals surface area (Å²) in [4.78, 5) is 27.7. The van der Waals surface area contributed by atoms with Gasteiger partial charge in [-0.25, -0.2) is 9.29 Å². The Bertz CT molecular complexity index is 1170. The molecule has 7 heteroatoms. The molecule has 6 nitrogen and oxygen atoms in total. The van der Waals surface area contributed by atoms with Gasteiger partial charge in [0.15, 0.2) is 0 Å². The second-order valence-corrected chi connectivity index (χ2v) is 6.73. The van der Waals surface area contributed by atoms with Crippen molar-refractivity contribution in [2.45, 2.75) is 0 Å². The number of halogens is 1. The van der Waals surface area contributed by atoms with Crippen LogP contribution in [0.2, 0.25) is 0 Å². The van der Waals surface area contributed by atoms with Gasteiger partial charge in [-0.15, -0.1) is 0 Å². The summed E-state index contributed by atoms with van der Waals surface area (Å²) in [5.41, 5.74) is 1.62. The van der Waals surface area contributed by atoms with Gasteiger partial charge < -0.3 is 14.8 Å². The van der Waals surface area contributed by atoms with E-state index in [1.165, 1.54) is 38.5 Å². The second-order valence-electron chi connectivity index (χ2n) is 6.73. The molecule has 0 aliphatic carbocycles. The molecular formula is C24H19FN2O4. The van der Waals surface area contributed by atoms with Crippen molar-refractivity contribution in [1.82, 2.24) is 0 Å². The van der Waals surface area contributed by atoms with E-state index in [0.29, 0.717) is 22.7 Å². The number of imide groups is 1. The van der Waals surface area contributed by atoms with Crippen molar-refractivity contribution in [3.05, 3.63) is 89.9 Å². The minimum Gasteiger partial charge on any atom is -0.497 e. The van der Waals surface area contributed by atoms with Crippen LogP contribution in [-0.4, -0.2) is 26.0 Å². The Morgan fingerprint density at radius 2 is 1.55 bits per heavy atom. The Balaban J connectivity index is 1.83. The molecule has 3 aromatic rings. The Hall–Kier alpha value is -4.13. The van der Waals surface area contributed by atoms with Crippen LogP contribution >= 0.6 is 0 Å². The molecule has 2 amide bonds. The van der Waals surface area contributed by atoms with Gasteiger partial charge in [0.1, 0.15) is 23.0 Å². The highest BCUT2D eigenvalue weighted by Crippen LogP contribution is 2.36. The van der Waals surface area contributed by atoms with Crippen LogP contribution in [-0.2, 0) is 9.59 Å². The van der Waals surface area contributed by atoms with Crippen molar-refractivity contribution in [2.75, 3.05) is 24.4 Å². The molecule has 0 saturated carbocycles. The molecule has 1 heterocycles. The number of hydrogen-bond acceptors (Lipinski definition) is 5. The number of methoxy groups -OCH3 is 2. The van der Waals surface area contributed by atoms with E-state index in [9.17, 15) is 14.0 Å². The highest BCUT2D eigenvalue weighted by atomic mass is 19.1. The third-order valence-corrected chi connectivity index (χ3v) is 4.90. The van der Waals surface area contributed by atoms with E-state index in [0.717, 1.165) is 4.90 Å². The number of hydrogen-bond donors (Lipinski definition) is 1. The fraction of sp³-hybridized carbons (Fsp3) is 0.0833. The normalized spacial score (nSPS) is 13.6. The van der Waals surface area contributed by atoms with Crippen molar-refractivity contribution >= 4 is 28.8 Å². The lowest BCUT2D eigenvalue weighted by molar-refractivity contribution is -0.120. The molecule has 1 N–H and O–H groups in total. The fourth-order valence-electron chi connectivity index (χ4n) is 3.39. The van der Waals surface area contributed by atoms with Crippen molar-refractivity contribution in [1.29, 1.82) is 0 Å². The van der Waals surface area contributed by atoms with Gasteiger partial charge >= 0.3 is 0 Å². The Kier molecular flexibility index (Phi) is 5.41. The zero-order chi connectivity index (χ0) is 22.0. The number of benzene rings is 3. The van der Waals surface area contributed by atoms with E-state index in [1.807, 2.05) is 6.07 Å². The van der Waals surface area contributed by atoms with E-state index in [2.05, 4.69) is 5.32 Å². The Morgan fingerprint density at radius 1 is 0.839 bits per heavy atom. The average molecular weight is 418 g/mol. The average Bonchev–Trinajstić information content (AvgIpc) is 3.04. The summed E-state index contributed by atoms with van der Waals surface area (Å²) in [6, 6.07) is 19.2. The molecule has 0 radical (unpaired) electrons. The second kappa shape index (κ2) is 8.31. The summed E-state index contributed by atoms with van der Waals surface area (Å²) in [7, 11) is 3.03. The summed E-state index contributed by atoms with van der Waals surface area (Å²) < 4.78 is 24.1. The minimum atomic E-state index is -0.555. The molecule has 0 spiro atoms. The third kappa shape index (κ3) is 3.73. The number of nitrogens with one attached hydrogen (secondary N) is 1. The number of nitrogens with zero attached hydrogens (tertiary/aromatic N) is 1. The zero-order valence-electron chi connectivity index (χ0n) is 16.9. The summed E-state index contributed by atoms with van der Waals surface area (Å²) in [6.07, 6.45) is 0. The number of amides is 2. The fourth-order valence-corrected chi connectivity index (χ4v) is 3.39. The summed E-state index contributed by atoms with van der Waals surface area (Å²) in [6.45, 7) is 0. The quantitative estimate of drug-likeness (QED) is 0.607. The zero-order valence-corrected chi connectivity index (χ0v) is 16.9. The number of carbonyl (C=O) groups excluding carboxylic acids is 2. The Labute approximate surface area is 178 Å². The monoisotopic (exact) mass is 418 g/mol. The SMILES string of the molecule is COc1ccc(OC)c(NC2=C(c3ccccc3)C(=O)N(c3ccc(F)cc3)C2=O)c1. The highest BCUT2D eigenvalue weighted by Gasteiger charge is 2.40. The number of ether oxygens (including phenoxy) is 2. The van der Waals surface area contributed by atoms with Crippen molar-refractivity contribution in [3.63, 3.8) is 0 Å². The van der Waals surface area contributed by atoms with Crippen molar-refractivity contribution in [2.24, 2.45) is 0 Å². The molecule has 3 aromatic carbocycles. The van der Waals surface area contributed by atoms with Crippen LogP contribution in [0, 0.1) is 5.82 Å². The maximum absolute atomic E-state index is 13.4. The lowest BCUT2D eigenvalue weighted by Crippen LogP contribution is -2.32. The van der Waals surface area contributed by atoms with E-state index < -0.39 is 17.6 Å². The molecule has 0 bridgehead atoms. The first-order valence-electron chi connectivity index (χ1n) is 9.46. The van der Waals surface area contributed by atoms with Gasteiger partial charge in [0.2, 0.25) is 0 Å². The molecule has 156 valence electrons. The molecule has 0 aromatic heterocycles. The van der Waals surface area contributed by atoms with Crippen LogP contribution in [0.5, 0.6) is 11.5 Å². The molecule has 4 rings (SSSR count). The first kappa shape index (κ1) is 20.2. The van der Waals surface area contributed by atoms with Crippen LogP contribution < -0.4 is 19.7 Å². The Morgan fingerprint density at radius 3 is 2.19 bits per heavy atom. The van der Waals surface area contributed by atoms with E-state index in [-0.39, 0.29) is 17.0 Å². The molecule has 1 aliphatic heterocycles. The molecule has 31 heavy (non-hydrogen) atoms. The lowest BCUT2D eigenvalue weighted by atomic mass is 10.0. The molecule has 0 saturated heterocycles. The minimum absolute atomic E-state index is 0.0899. The summed E-state index contributed by atoms with van der Waals surface area (Å²) in [5, 5.41) is 3.06. The topological polar surface area (TPSA) is 67.9 Å². The van der Waals surface area contributed by atoms with Gasteiger partial charge in [-0.3, -0.25) is 9.59 Å². The number of rotatable bonds is 6. The van der Waals surface area contributed by atoms with E-state index in [1.54, 1.807) is 42.5 Å². The van der Waals surface area contributed by atoms with Crippen molar-refractivity contribution in [3.8, 4) is 11.5 Å². The maximum Gasteiger partial charge on any atom is 0.282 e. The van der Waals surface area contributed by atoms with Gasteiger partial charge in [0.05, 0.1) is 31.2 Å². The predicted molar refractivity (Wildman–Crippen MR) is 115 cm³/mol. The van der Waals surface area contributed by atoms with Crippen LogP contribution in [0.3, 0.4) is 0 Å². The highest BCUT2D eigenvalue weighted by molar-refractivity contribution is 6.46. The molecular weight excluding hydrogens is 399 g/mol. The standard InChI is InChI=1S/C24H19FN2O4/c1-30-18-12-13-20(31-2)19(14-18)26-22-21(15-6-4-3-5-7-15)23(28)27(24(22)29)17-10-8-16(25)9-11-17/h3-14,26H,1-2H3. The lowest BCUT2D eigenvalue weighted by Gasteiger charge is -2.16. The van der Waals surface area contributed by atoms with Crippen LogP contribution in [0.15, 0.2) is 78.5 Å². The molecule has 0 unspecified atom stereocenters. The van der Waals surface area contributed by atoms with Gasteiger partial charge in [-0.1, -0.05) is 30.3 Å². The van der Waals surface area contributed by atoms with Crippen LogP contribution in [0.25, 0.3) is 5.57 Å². The molecule has 1 aliphatic rings. The predicted octanol–water partition coefficient (Wildman–Crippen LogP) is 4.24. The van der Waals surface area contributed by atoms with Gasteiger partial charge in [-0.05, 0) is 42.0 Å². The number of carbonyl (C=O) groups is 2. The summed E-state index contributed by atoms with van der Waals surface area (Å²) in [5.74, 6) is -0.496. The van der Waals surface area contributed by atoms with E-state index >= 15 is 0 Å².